The maximum atomic E-state index is 14.1. The number of amides is 1. The van der Waals surface area contributed by atoms with Gasteiger partial charge in [0.25, 0.3) is 0 Å². The molecule has 1 N–H and O–H groups in total. The fourth-order valence-corrected chi connectivity index (χ4v) is 6.09. The molecule has 0 bridgehead atoms. The quantitative estimate of drug-likeness (QED) is 0.566. The molecule has 4 rings (SSSR count). The molecule has 1 amide bonds. The number of benzene rings is 1. The van der Waals surface area contributed by atoms with Gasteiger partial charge in [-0.25, -0.2) is 4.39 Å². The summed E-state index contributed by atoms with van der Waals surface area (Å²) in [6, 6.07) is 6.65. The number of hydrogen-bond donors (Lipinski definition) is 1. The van der Waals surface area contributed by atoms with Crippen molar-refractivity contribution in [2.45, 2.75) is 77.7 Å². The van der Waals surface area contributed by atoms with E-state index in [0.717, 1.165) is 12.8 Å². The Morgan fingerprint density at radius 1 is 1.23 bits per heavy atom. The van der Waals surface area contributed by atoms with Crippen molar-refractivity contribution in [1.82, 2.24) is 9.80 Å². The predicted molar refractivity (Wildman–Crippen MR) is 139 cm³/mol. The highest BCUT2D eigenvalue weighted by Gasteiger charge is 2.49. The number of nitrogens with zero attached hydrogens (tertiary/aromatic N) is 3. The van der Waals surface area contributed by atoms with Gasteiger partial charge in [0.15, 0.2) is 0 Å². The molecule has 1 saturated heterocycles. The molecule has 2 heterocycles. The van der Waals surface area contributed by atoms with E-state index in [1.54, 1.807) is 18.2 Å². The first kappa shape index (κ1) is 25.9. The van der Waals surface area contributed by atoms with Gasteiger partial charge in [-0.15, -0.1) is 0 Å². The maximum absolute atomic E-state index is 14.1. The third-order valence-corrected chi connectivity index (χ3v) is 8.62. The largest absolute Gasteiger partial charge is 0.387 e. The number of halogens is 1. The Hall–Kier alpha value is -2.21. The van der Waals surface area contributed by atoms with Crippen molar-refractivity contribution >= 4 is 11.6 Å². The Labute approximate surface area is 210 Å². The molecule has 5 nitrogen and oxygen atoms in total. The number of carbonyl (C=O) groups excluding carboxylic acids is 1. The molecule has 1 saturated carbocycles. The molecule has 1 aromatic carbocycles. The zero-order chi connectivity index (χ0) is 25.1. The van der Waals surface area contributed by atoms with Gasteiger partial charge in [-0.3, -0.25) is 9.79 Å². The zero-order valence-electron chi connectivity index (χ0n) is 21.7. The SMILES string of the molecule is CCC(CC1CCCCC1)C(=O)N1CCC(O)(CN2C=CC(c3ccccc3F)=NC2)C(C)(C)C1. The number of allylic oxidation sites excluding steroid dienone is 1. The topological polar surface area (TPSA) is 56.1 Å². The van der Waals surface area contributed by atoms with Gasteiger partial charge < -0.3 is 14.9 Å². The van der Waals surface area contributed by atoms with Crippen molar-refractivity contribution in [3.63, 3.8) is 0 Å². The van der Waals surface area contributed by atoms with Gasteiger partial charge in [0, 0.05) is 42.7 Å². The average molecular weight is 484 g/mol. The number of β-amino-alcohol motifs (C(OH)–C–C–N with tert-alkyl or cyclic N) is 1. The number of piperidine rings is 1. The second-order valence-electron chi connectivity index (χ2n) is 11.5. The number of aliphatic imine (C=N–C) groups is 1. The van der Waals surface area contributed by atoms with E-state index in [1.807, 2.05) is 22.1 Å². The summed E-state index contributed by atoms with van der Waals surface area (Å²) in [6.45, 7) is 8.22. The van der Waals surface area contributed by atoms with E-state index in [1.165, 1.54) is 38.2 Å². The molecule has 6 heteroatoms. The fourth-order valence-electron chi connectivity index (χ4n) is 6.09. The molecule has 1 aliphatic carbocycles. The fraction of sp³-hybridized carbons (Fsp3) is 0.655. The second kappa shape index (κ2) is 10.8. The van der Waals surface area contributed by atoms with Crippen LogP contribution in [0.25, 0.3) is 0 Å². The summed E-state index contributed by atoms with van der Waals surface area (Å²) in [6.07, 6.45) is 12.6. The monoisotopic (exact) mass is 483 g/mol. The molecule has 0 aromatic heterocycles. The average Bonchev–Trinajstić information content (AvgIpc) is 2.85. The van der Waals surface area contributed by atoms with Crippen molar-refractivity contribution in [1.29, 1.82) is 0 Å². The minimum atomic E-state index is -0.940. The van der Waals surface area contributed by atoms with E-state index in [9.17, 15) is 14.3 Å². The van der Waals surface area contributed by atoms with Crippen molar-refractivity contribution in [3.8, 4) is 0 Å². The molecule has 1 aromatic rings. The maximum Gasteiger partial charge on any atom is 0.225 e. The summed E-state index contributed by atoms with van der Waals surface area (Å²) < 4.78 is 14.1. The van der Waals surface area contributed by atoms with Crippen LogP contribution in [0, 0.1) is 23.1 Å². The summed E-state index contributed by atoms with van der Waals surface area (Å²) in [4.78, 5) is 22.0. The van der Waals surface area contributed by atoms with Crippen molar-refractivity contribution in [2.75, 3.05) is 26.3 Å². The highest BCUT2D eigenvalue weighted by molar-refractivity contribution is 6.09. The first-order valence-electron chi connectivity index (χ1n) is 13.5. The molecule has 0 radical (unpaired) electrons. The van der Waals surface area contributed by atoms with Crippen LogP contribution >= 0.6 is 0 Å². The summed E-state index contributed by atoms with van der Waals surface area (Å²) >= 11 is 0. The van der Waals surface area contributed by atoms with Crippen LogP contribution in [0.4, 0.5) is 4.39 Å². The van der Waals surface area contributed by atoms with Gasteiger partial charge in [0.2, 0.25) is 5.91 Å². The van der Waals surface area contributed by atoms with Crippen LogP contribution in [-0.4, -0.2) is 58.4 Å². The molecule has 2 atom stereocenters. The molecule has 2 unspecified atom stereocenters. The van der Waals surface area contributed by atoms with Crippen molar-refractivity contribution in [2.24, 2.45) is 22.2 Å². The first-order valence-corrected chi connectivity index (χ1v) is 13.5. The van der Waals surface area contributed by atoms with Gasteiger partial charge in [-0.1, -0.05) is 65.0 Å². The number of hydrogen-bond acceptors (Lipinski definition) is 4. The van der Waals surface area contributed by atoms with Gasteiger partial charge in [-0.2, -0.15) is 0 Å². The van der Waals surface area contributed by atoms with Gasteiger partial charge >= 0.3 is 0 Å². The first-order chi connectivity index (χ1) is 16.7. The molecule has 0 spiro atoms. The molecule has 2 fully saturated rings. The lowest BCUT2D eigenvalue weighted by molar-refractivity contribution is -0.157. The second-order valence-corrected chi connectivity index (χ2v) is 11.5. The van der Waals surface area contributed by atoms with E-state index < -0.39 is 11.0 Å². The van der Waals surface area contributed by atoms with Crippen LogP contribution in [0.1, 0.15) is 77.7 Å². The Morgan fingerprint density at radius 2 is 1.97 bits per heavy atom. The van der Waals surface area contributed by atoms with Crippen LogP contribution < -0.4 is 0 Å². The zero-order valence-corrected chi connectivity index (χ0v) is 21.7. The highest BCUT2D eigenvalue weighted by Crippen LogP contribution is 2.41. The van der Waals surface area contributed by atoms with E-state index in [-0.39, 0.29) is 17.6 Å². The summed E-state index contributed by atoms with van der Waals surface area (Å²) in [5.74, 6) is 0.768. The van der Waals surface area contributed by atoms with Crippen LogP contribution in [0.5, 0.6) is 0 Å². The number of rotatable bonds is 7. The lowest BCUT2D eigenvalue weighted by atomic mass is 9.69. The molecule has 2 aliphatic heterocycles. The Balaban J connectivity index is 1.36. The highest BCUT2D eigenvalue weighted by atomic mass is 19.1. The molecule has 35 heavy (non-hydrogen) atoms. The van der Waals surface area contributed by atoms with Gasteiger partial charge in [0.05, 0.1) is 11.3 Å². The Kier molecular flexibility index (Phi) is 7.99. The lowest BCUT2D eigenvalue weighted by Gasteiger charge is -2.52. The minimum absolute atomic E-state index is 0.0938. The summed E-state index contributed by atoms with van der Waals surface area (Å²) in [7, 11) is 0. The lowest BCUT2D eigenvalue weighted by Crippen LogP contribution is -2.62. The molecule has 192 valence electrons. The molecular formula is C29H42FN3O2. The Bertz CT molecular complexity index is 953. The van der Waals surface area contributed by atoms with Crippen LogP contribution in [0.2, 0.25) is 0 Å². The van der Waals surface area contributed by atoms with Gasteiger partial charge in [-0.05, 0) is 43.4 Å². The number of likely N-dealkylation sites (tertiary alicyclic amines) is 1. The normalized spacial score (nSPS) is 25.9. The van der Waals surface area contributed by atoms with Gasteiger partial charge in [0.1, 0.15) is 12.5 Å². The van der Waals surface area contributed by atoms with Crippen LogP contribution in [0.3, 0.4) is 0 Å². The van der Waals surface area contributed by atoms with E-state index >= 15 is 0 Å². The minimum Gasteiger partial charge on any atom is -0.387 e. The van der Waals surface area contributed by atoms with E-state index in [4.69, 9.17) is 0 Å². The third-order valence-electron chi connectivity index (χ3n) is 8.62. The van der Waals surface area contributed by atoms with Crippen molar-refractivity contribution in [3.05, 3.63) is 47.9 Å². The van der Waals surface area contributed by atoms with E-state index in [0.29, 0.717) is 49.9 Å². The van der Waals surface area contributed by atoms with Crippen LogP contribution in [-0.2, 0) is 4.79 Å². The standard InChI is InChI=1S/C29H42FN3O2/c1-4-23(18-22-10-6-5-7-11-22)27(34)33-17-15-29(35,28(2,3)19-33)20-32-16-14-26(31-21-32)24-12-8-9-13-25(24)30/h8-9,12-14,16,22-23,35H,4-7,10-11,15,17-21H2,1-3H3. The van der Waals surface area contributed by atoms with Crippen LogP contribution in [0.15, 0.2) is 41.5 Å². The number of aliphatic hydroxyl groups is 1. The summed E-state index contributed by atoms with van der Waals surface area (Å²) in [5, 5.41) is 11.7. The smallest absolute Gasteiger partial charge is 0.225 e. The van der Waals surface area contributed by atoms with E-state index in [2.05, 4.69) is 25.8 Å². The molecular weight excluding hydrogens is 441 g/mol. The van der Waals surface area contributed by atoms with Crippen molar-refractivity contribution < 1.29 is 14.3 Å². The molecule has 3 aliphatic rings. The predicted octanol–water partition coefficient (Wildman–Crippen LogP) is 5.39. The number of carbonyl (C=O) groups is 1. The summed E-state index contributed by atoms with van der Waals surface area (Å²) in [5.41, 5.74) is -0.278. The third kappa shape index (κ3) is 5.79. The Morgan fingerprint density at radius 3 is 2.60 bits per heavy atom.